The molecule has 0 bridgehead atoms. The lowest BCUT2D eigenvalue weighted by molar-refractivity contribution is -0.135. The zero-order valence-corrected chi connectivity index (χ0v) is 49.7. The number of anilines is 2. The standard InChI is InChI=1S/C30H24N2O5.C24H16N2O4.C18H12N2O4/c1-17-3-9-21(10-4-17)37-22-11-7-20(8-12-22)32-29(35)24-14-6-19(16-26(24)30(32)36)18-5-13-23-25(15-18)28(34)31(2)27(23)33;1-13-3-7-16(8-4-13)26-23(29)18-10-6-15(12-20(18)24(26)30)14-5-9-17-19(11-14)22(28)25(2)21(17)27;1-9-3-5-10(6-4-9)20-17(23)13-7-11-12(8-14(13)18(20)24)16(22)19(2)15(11)21/h3-4,6-16,18,24,26H,5H2,1-2H3;3-12H,1-2H3;3-8H,1-2H3. The summed E-state index contributed by atoms with van der Waals surface area (Å²) in [6.45, 7) is 5.85. The van der Waals surface area contributed by atoms with E-state index in [9.17, 15) is 57.5 Å². The van der Waals surface area contributed by atoms with Gasteiger partial charge in [0, 0.05) is 38.2 Å². The second-order valence-corrected chi connectivity index (χ2v) is 23.1. The van der Waals surface area contributed by atoms with E-state index in [1.807, 2.05) is 69.3 Å². The first-order valence-electron chi connectivity index (χ1n) is 29.0. The molecule has 0 radical (unpaired) electrons. The number of ether oxygens (including phenoxy) is 1. The number of fused-ring (bicyclic) bond motifs is 6. The van der Waals surface area contributed by atoms with Crippen LogP contribution in [0.5, 0.6) is 11.5 Å². The maximum atomic E-state index is 13.4. The Morgan fingerprint density at radius 1 is 0.396 bits per heavy atom. The summed E-state index contributed by atoms with van der Waals surface area (Å²) in [5, 5.41) is 0.618. The van der Waals surface area contributed by atoms with Gasteiger partial charge < -0.3 is 4.74 Å². The Labute approximate surface area is 517 Å². The number of imide groups is 4. The molecule has 2 saturated heterocycles. The first-order valence-corrected chi connectivity index (χ1v) is 29.0. The van der Waals surface area contributed by atoms with Crippen LogP contribution < -0.4 is 36.8 Å². The number of allylic oxidation sites excluding steroid dienone is 4. The van der Waals surface area contributed by atoms with E-state index in [4.69, 9.17) is 4.74 Å². The van der Waals surface area contributed by atoms with Crippen molar-refractivity contribution < 1.29 is 43.1 Å². The van der Waals surface area contributed by atoms with Crippen LogP contribution in [0.2, 0.25) is 0 Å². The number of aryl methyl sites for hydroxylation is 3. The highest BCUT2D eigenvalue weighted by Crippen LogP contribution is 2.42. The zero-order chi connectivity index (χ0) is 64.2. The molecular weight excluding hydrogens is 1160 g/mol. The molecule has 448 valence electrons. The van der Waals surface area contributed by atoms with Crippen molar-refractivity contribution in [3.63, 3.8) is 0 Å². The van der Waals surface area contributed by atoms with E-state index in [-0.39, 0.29) is 74.7 Å². The highest BCUT2D eigenvalue weighted by Gasteiger charge is 2.48. The molecule has 0 saturated carbocycles. The van der Waals surface area contributed by atoms with Gasteiger partial charge in [0.1, 0.15) is 11.5 Å². The molecule has 8 amide bonds. The first kappa shape index (κ1) is 58.2. The van der Waals surface area contributed by atoms with Crippen LogP contribution in [0.4, 0.5) is 11.4 Å². The number of likely N-dealkylation sites (N-methyl/N-ethyl adjacent to an activating group) is 1. The van der Waals surface area contributed by atoms with Gasteiger partial charge in [-0.15, -0.1) is 0 Å². The van der Waals surface area contributed by atoms with Crippen LogP contribution >= 0.6 is 0 Å². The van der Waals surface area contributed by atoms with Gasteiger partial charge in [-0.1, -0.05) is 95.6 Å². The van der Waals surface area contributed by atoms with Crippen LogP contribution in [0, 0.1) is 38.5 Å². The maximum Gasteiger partial charge on any atom is 0.266 e. The lowest BCUT2D eigenvalue weighted by atomic mass is 9.80. The van der Waals surface area contributed by atoms with Crippen molar-refractivity contribution in [2.24, 2.45) is 24.8 Å². The van der Waals surface area contributed by atoms with Gasteiger partial charge in [0.25, 0.3) is 57.7 Å². The predicted molar refractivity (Wildman–Crippen MR) is 339 cm³/mol. The average molecular weight is 1210 g/mol. The van der Waals surface area contributed by atoms with E-state index in [0.717, 1.165) is 41.2 Å². The van der Waals surface area contributed by atoms with E-state index in [1.165, 1.54) is 43.1 Å². The van der Waals surface area contributed by atoms with Gasteiger partial charge in [-0.05, 0) is 141 Å². The second-order valence-electron chi connectivity index (χ2n) is 23.1. The normalized spacial score (nSPS) is 18.0. The Morgan fingerprint density at radius 2 is 0.824 bits per heavy atom. The van der Waals surface area contributed by atoms with Gasteiger partial charge >= 0.3 is 0 Å². The molecule has 6 aliphatic rings. The Balaban J connectivity index is 0.000000128. The van der Waals surface area contributed by atoms with Crippen molar-refractivity contribution in [1.82, 2.24) is 18.9 Å². The zero-order valence-electron chi connectivity index (χ0n) is 49.7. The molecule has 4 aliphatic heterocycles. The molecule has 2 fully saturated rings. The number of carbonyl (C=O) groups excluding carboxylic acids is 8. The van der Waals surface area contributed by atoms with Crippen molar-refractivity contribution in [3.8, 4) is 28.3 Å². The molecule has 2 aromatic heterocycles. The summed E-state index contributed by atoms with van der Waals surface area (Å²) in [5.41, 5.74) is 7.21. The fraction of sp³-hybridized carbons (Fsp3) is 0.139. The summed E-state index contributed by atoms with van der Waals surface area (Å²) < 4.78 is 7.91. The number of hydrogen-bond acceptors (Lipinski definition) is 13. The molecule has 0 N–H and O–H groups in total. The highest BCUT2D eigenvalue weighted by atomic mass is 16.5. The molecule has 15 rings (SSSR count). The summed E-state index contributed by atoms with van der Waals surface area (Å²) >= 11 is 0. The van der Waals surface area contributed by atoms with Crippen LogP contribution in [-0.4, -0.2) is 80.3 Å². The number of likely N-dealkylation sites (tertiary alicyclic amines) is 1. The Morgan fingerprint density at radius 3 is 1.40 bits per heavy atom. The summed E-state index contributed by atoms with van der Waals surface area (Å²) in [6.07, 6.45) is 9.62. The van der Waals surface area contributed by atoms with Gasteiger partial charge in [0.2, 0.25) is 11.8 Å². The number of carbonyl (C=O) groups is 8. The minimum atomic E-state index is -0.608. The lowest BCUT2D eigenvalue weighted by Crippen LogP contribution is -2.30. The molecular formula is C72H52N6O13. The second kappa shape index (κ2) is 22.1. The molecule has 91 heavy (non-hydrogen) atoms. The number of benzene rings is 7. The topological polar surface area (TPSA) is 237 Å². The van der Waals surface area contributed by atoms with E-state index in [1.54, 1.807) is 115 Å². The van der Waals surface area contributed by atoms with E-state index < -0.39 is 34.1 Å². The molecule has 7 aromatic carbocycles. The minimum Gasteiger partial charge on any atom is -0.457 e. The van der Waals surface area contributed by atoms with Crippen LogP contribution in [0.15, 0.2) is 212 Å². The fourth-order valence-corrected chi connectivity index (χ4v) is 12.2. The number of amides is 8. The Kier molecular flexibility index (Phi) is 14.1. The third kappa shape index (κ3) is 9.70. The number of hydrogen-bond donors (Lipinski definition) is 0. The van der Waals surface area contributed by atoms with E-state index >= 15 is 0 Å². The van der Waals surface area contributed by atoms with E-state index in [2.05, 4.69) is 0 Å². The molecule has 9 aromatic rings. The predicted octanol–water partition coefficient (Wildman–Crippen LogP) is 8.70. The van der Waals surface area contributed by atoms with Crippen LogP contribution in [0.3, 0.4) is 0 Å². The third-order valence-electron chi connectivity index (χ3n) is 17.3. The maximum absolute atomic E-state index is 13.4. The number of aromatic nitrogens is 2. The molecule has 3 unspecified atom stereocenters. The monoisotopic (exact) mass is 1210 g/mol. The third-order valence-corrected chi connectivity index (χ3v) is 17.3. The summed E-state index contributed by atoms with van der Waals surface area (Å²) in [5.74, 6) is -2.58. The molecule has 3 atom stereocenters. The van der Waals surface area contributed by atoms with Gasteiger partial charge in [0.15, 0.2) is 0 Å². The quantitative estimate of drug-likeness (QED) is 0.136. The number of nitrogens with zero attached hydrogens (tertiary/aromatic N) is 6. The molecule has 19 heteroatoms. The number of rotatable bonds is 7. The summed E-state index contributed by atoms with van der Waals surface area (Å²) in [4.78, 5) is 156. The highest BCUT2D eigenvalue weighted by molar-refractivity contribution is 6.35. The largest absolute Gasteiger partial charge is 0.457 e. The Hall–Kier alpha value is -11.9. The molecule has 2 aliphatic carbocycles. The average Bonchev–Trinajstić information content (AvgIpc) is 1.61. The summed E-state index contributed by atoms with van der Waals surface area (Å²) in [7, 11) is 4.30. The molecule has 0 spiro atoms. The van der Waals surface area contributed by atoms with Crippen molar-refractivity contribution in [2.75, 3.05) is 23.9 Å². The van der Waals surface area contributed by atoms with Crippen molar-refractivity contribution >= 4 is 80.2 Å². The fourth-order valence-electron chi connectivity index (χ4n) is 12.2. The van der Waals surface area contributed by atoms with Gasteiger partial charge in [-0.25, -0.2) is 14.4 Å². The van der Waals surface area contributed by atoms with Crippen molar-refractivity contribution in [2.45, 2.75) is 27.2 Å². The van der Waals surface area contributed by atoms with Gasteiger partial charge in [0.05, 0.1) is 72.7 Å². The van der Waals surface area contributed by atoms with E-state index in [0.29, 0.717) is 79.5 Å². The van der Waals surface area contributed by atoms with Crippen LogP contribution in [-0.2, 0) is 26.2 Å². The Bertz CT molecular complexity index is 5040. The molecule has 6 heterocycles. The van der Waals surface area contributed by atoms with Crippen molar-refractivity contribution in [1.29, 1.82) is 0 Å². The lowest BCUT2D eigenvalue weighted by Gasteiger charge is -2.22. The SMILES string of the molecule is Cc1ccc(-n2c(=O)c3cc4c(=O)n(C)c(=O)c4cc3c2=O)cc1.Cc1ccc(N2C(=O)c3ccc(-c4ccc5c(c4)C(=O)N(C)C5=O)cc3C2=O)cc1.Cc1ccc(Oc2ccc(N3C(=O)C4C=CC(C5C=C6C(=O)N(C)C(=O)C6=CC5)=CC4C3=O)cc2)cc1. The van der Waals surface area contributed by atoms with Gasteiger partial charge in [-0.2, -0.15) is 0 Å². The van der Waals surface area contributed by atoms with Crippen LogP contribution in [0.1, 0.15) is 64.5 Å². The first-order chi connectivity index (χ1) is 43.6. The molecule has 19 nitrogen and oxygen atoms in total. The van der Waals surface area contributed by atoms with Gasteiger partial charge in [-0.3, -0.25) is 71.9 Å². The smallest absolute Gasteiger partial charge is 0.266 e. The van der Waals surface area contributed by atoms with Crippen LogP contribution in [0.25, 0.3) is 38.4 Å². The minimum absolute atomic E-state index is 0.144. The van der Waals surface area contributed by atoms with Crippen molar-refractivity contribution in [3.05, 3.63) is 273 Å². The summed E-state index contributed by atoms with van der Waals surface area (Å²) in [6, 6.07) is 41.5.